The average Bonchev–Trinajstić information content (AvgIpc) is 2.15. The SMILES string of the molecule is NC(=S)N/N=C1\CCCC\C1=N/O. The number of nitrogens with two attached hydrogens (primary N) is 1. The highest BCUT2D eigenvalue weighted by Crippen LogP contribution is 2.12. The first-order valence-electron chi connectivity index (χ1n) is 4.07. The first-order valence-corrected chi connectivity index (χ1v) is 4.48. The van der Waals surface area contributed by atoms with Crippen molar-refractivity contribution in [2.45, 2.75) is 25.7 Å². The van der Waals surface area contributed by atoms with Crippen molar-refractivity contribution in [3.05, 3.63) is 0 Å². The molecule has 0 spiro atoms. The van der Waals surface area contributed by atoms with Crippen molar-refractivity contribution in [3.63, 3.8) is 0 Å². The molecule has 0 aromatic heterocycles. The van der Waals surface area contributed by atoms with Crippen molar-refractivity contribution in [1.82, 2.24) is 5.43 Å². The molecular formula is C7H12N4OS. The van der Waals surface area contributed by atoms with Gasteiger partial charge in [-0.2, -0.15) is 5.10 Å². The van der Waals surface area contributed by atoms with Gasteiger partial charge >= 0.3 is 0 Å². The van der Waals surface area contributed by atoms with Gasteiger partial charge in [0.05, 0.1) is 5.71 Å². The topological polar surface area (TPSA) is 83.0 Å². The number of oxime groups is 1. The third-order valence-corrected chi connectivity index (χ3v) is 1.92. The Labute approximate surface area is 81.7 Å². The van der Waals surface area contributed by atoms with Crippen molar-refractivity contribution in [1.29, 1.82) is 0 Å². The lowest BCUT2D eigenvalue weighted by molar-refractivity contribution is 0.318. The average molecular weight is 200 g/mol. The van der Waals surface area contributed by atoms with E-state index in [2.05, 4.69) is 27.9 Å². The molecule has 1 saturated carbocycles. The van der Waals surface area contributed by atoms with E-state index in [1.54, 1.807) is 0 Å². The van der Waals surface area contributed by atoms with E-state index in [4.69, 9.17) is 10.9 Å². The maximum Gasteiger partial charge on any atom is 0.184 e. The van der Waals surface area contributed by atoms with Crippen LogP contribution in [0.5, 0.6) is 0 Å². The molecule has 0 bridgehead atoms. The first kappa shape index (κ1) is 9.91. The van der Waals surface area contributed by atoms with Gasteiger partial charge in [0.15, 0.2) is 5.11 Å². The lowest BCUT2D eigenvalue weighted by Gasteiger charge is -2.13. The van der Waals surface area contributed by atoms with Gasteiger partial charge in [-0.25, -0.2) is 0 Å². The van der Waals surface area contributed by atoms with Gasteiger partial charge in [-0.05, 0) is 37.9 Å². The summed E-state index contributed by atoms with van der Waals surface area (Å²) in [5, 5.41) is 15.9. The van der Waals surface area contributed by atoms with Crippen molar-refractivity contribution in [2.75, 3.05) is 0 Å². The van der Waals surface area contributed by atoms with Gasteiger partial charge in [0.1, 0.15) is 5.71 Å². The molecule has 0 saturated heterocycles. The van der Waals surface area contributed by atoms with Crippen LogP contribution in [0.4, 0.5) is 0 Å². The highest BCUT2D eigenvalue weighted by Gasteiger charge is 2.15. The van der Waals surface area contributed by atoms with E-state index in [-0.39, 0.29) is 5.11 Å². The third kappa shape index (κ3) is 2.98. The second-order valence-electron chi connectivity index (χ2n) is 2.79. The fourth-order valence-electron chi connectivity index (χ4n) is 1.22. The summed E-state index contributed by atoms with van der Waals surface area (Å²) in [6.45, 7) is 0. The summed E-state index contributed by atoms with van der Waals surface area (Å²) < 4.78 is 0. The molecule has 0 atom stereocenters. The van der Waals surface area contributed by atoms with Crippen molar-refractivity contribution < 1.29 is 5.21 Å². The predicted molar refractivity (Wildman–Crippen MR) is 55.0 cm³/mol. The Hall–Kier alpha value is -1.17. The number of rotatable bonds is 1. The lowest BCUT2D eigenvalue weighted by atomic mass is 9.97. The summed E-state index contributed by atoms with van der Waals surface area (Å²) in [6, 6.07) is 0. The molecule has 0 radical (unpaired) electrons. The number of hydrogen-bond acceptors (Lipinski definition) is 4. The molecule has 0 aliphatic heterocycles. The summed E-state index contributed by atoms with van der Waals surface area (Å²) in [7, 11) is 0. The second-order valence-corrected chi connectivity index (χ2v) is 3.23. The highest BCUT2D eigenvalue weighted by molar-refractivity contribution is 7.80. The van der Waals surface area contributed by atoms with Crippen LogP contribution in [0.15, 0.2) is 10.3 Å². The van der Waals surface area contributed by atoms with Gasteiger partial charge in [-0.1, -0.05) is 5.16 Å². The molecule has 0 aromatic rings. The van der Waals surface area contributed by atoms with E-state index in [1.807, 2.05) is 0 Å². The molecule has 0 unspecified atom stereocenters. The van der Waals surface area contributed by atoms with E-state index in [9.17, 15) is 0 Å². The van der Waals surface area contributed by atoms with Crippen LogP contribution in [-0.4, -0.2) is 21.7 Å². The zero-order valence-electron chi connectivity index (χ0n) is 7.16. The number of nitrogens with zero attached hydrogens (tertiary/aromatic N) is 2. The second kappa shape index (κ2) is 4.76. The van der Waals surface area contributed by atoms with E-state index in [0.717, 1.165) is 31.4 Å². The van der Waals surface area contributed by atoms with Gasteiger partial charge in [0, 0.05) is 0 Å². The standard InChI is InChI=1S/C7H12N4OS/c8-7(13)10-9-5-3-1-2-4-6(5)11-12/h12H,1-4H2,(H3,8,10,13)/b9-5+,11-6+. The van der Waals surface area contributed by atoms with E-state index in [0.29, 0.717) is 5.71 Å². The fraction of sp³-hybridized carbons (Fsp3) is 0.571. The Bertz CT molecular complexity index is 261. The number of nitrogens with one attached hydrogen (secondary N) is 1. The normalized spacial score (nSPS) is 23.4. The monoisotopic (exact) mass is 200 g/mol. The Morgan fingerprint density at radius 2 is 2.00 bits per heavy atom. The molecular weight excluding hydrogens is 188 g/mol. The van der Waals surface area contributed by atoms with E-state index in [1.165, 1.54) is 0 Å². The zero-order valence-corrected chi connectivity index (χ0v) is 7.97. The van der Waals surface area contributed by atoms with E-state index < -0.39 is 0 Å². The first-order chi connectivity index (χ1) is 6.24. The van der Waals surface area contributed by atoms with Crippen LogP contribution in [-0.2, 0) is 0 Å². The van der Waals surface area contributed by atoms with Crippen molar-refractivity contribution >= 4 is 28.8 Å². The quantitative estimate of drug-likeness (QED) is 0.328. The van der Waals surface area contributed by atoms with Crippen LogP contribution in [0.1, 0.15) is 25.7 Å². The predicted octanol–water partition coefficient (Wildman–Crippen LogP) is 0.580. The minimum Gasteiger partial charge on any atom is -0.411 e. The molecule has 0 aromatic carbocycles. The molecule has 72 valence electrons. The van der Waals surface area contributed by atoms with Crippen LogP contribution in [0, 0.1) is 0 Å². The Kier molecular flexibility index (Phi) is 3.63. The molecule has 5 nitrogen and oxygen atoms in total. The molecule has 1 aliphatic carbocycles. The molecule has 6 heteroatoms. The Balaban J connectivity index is 2.64. The summed E-state index contributed by atoms with van der Waals surface area (Å²) in [6.07, 6.45) is 3.64. The van der Waals surface area contributed by atoms with E-state index >= 15 is 0 Å². The summed E-state index contributed by atoms with van der Waals surface area (Å²) in [4.78, 5) is 0. The Morgan fingerprint density at radius 1 is 1.38 bits per heavy atom. The maximum atomic E-state index is 8.64. The van der Waals surface area contributed by atoms with Crippen LogP contribution in [0.25, 0.3) is 0 Å². The smallest absolute Gasteiger partial charge is 0.184 e. The van der Waals surface area contributed by atoms with Crippen LogP contribution in [0.2, 0.25) is 0 Å². The van der Waals surface area contributed by atoms with Crippen LogP contribution >= 0.6 is 12.2 Å². The van der Waals surface area contributed by atoms with Crippen LogP contribution in [0.3, 0.4) is 0 Å². The Morgan fingerprint density at radius 3 is 2.54 bits per heavy atom. The lowest BCUT2D eigenvalue weighted by Crippen LogP contribution is -2.28. The van der Waals surface area contributed by atoms with Gasteiger partial charge in [-0.15, -0.1) is 0 Å². The molecule has 1 rings (SSSR count). The van der Waals surface area contributed by atoms with Gasteiger partial charge in [0.2, 0.25) is 0 Å². The van der Waals surface area contributed by atoms with Gasteiger partial charge < -0.3 is 10.9 Å². The number of hydrogen-bond donors (Lipinski definition) is 3. The molecule has 4 N–H and O–H groups in total. The third-order valence-electron chi connectivity index (χ3n) is 1.83. The number of thiocarbonyl (C=S) groups is 1. The van der Waals surface area contributed by atoms with Gasteiger partial charge in [-0.3, -0.25) is 5.43 Å². The largest absolute Gasteiger partial charge is 0.411 e. The number of hydrazone groups is 1. The van der Waals surface area contributed by atoms with Crippen molar-refractivity contribution in [2.24, 2.45) is 16.0 Å². The molecule has 1 aliphatic rings. The fourth-order valence-corrected chi connectivity index (χ4v) is 1.27. The maximum absolute atomic E-state index is 8.64. The summed E-state index contributed by atoms with van der Waals surface area (Å²) in [5.41, 5.74) is 9.05. The van der Waals surface area contributed by atoms with Crippen molar-refractivity contribution in [3.8, 4) is 0 Å². The molecule has 0 heterocycles. The minimum atomic E-state index is 0.121. The van der Waals surface area contributed by atoms with Gasteiger partial charge in [0.25, 0.3) is 0 Å². The minimum absolute atomic E-state index is 0.121. The van der Waals surface area contributed by atoms with Crippen LogP contribution < -0.4 is 11.2 Å². The molecule has 0 amide bonds. The molecule has 13 heavy (non-hydrogen) atoms. The highest BCUT2D eigenvalue weighted by atomic mass is 32.1. The summed E-state index contributed by atoms with van der Waals surface area (Å²) in [5.74, 6) is 0. The molecule has 1 fully saturated rings. The summed E-state index contributed by atoms with van der Waals surface area (Å²) >= 11 is 4.60. The zero-order chi connectivity index (χ0) is 9.68.